The van der Waals surface area contributed by atoms with Gasteiger partial charge in [0.25, 0.3) is 0 Å². The second-order valence-electron chi connectivity index (χ2n) is 4.82. The number of hydrogen-bond donors (Lipinski definition) is 1. The number of pyridine rings is 1. The lowest BCUT2D eigenvalue weighted by molar-refractivity contribution is 0.548. The molecule has 0 saturated heterocycles. The Kier molecular flexibility index (Phi) is 3.14. The molecule has 2 aromatic heterocycles. The average molecular weight is 279 g/mol. The van der Waals surface area contributed by atoms with Crippen molar-refractivity contribution >= 4 is 22.9 Å². The quantitative estimate of drug-likeness (QED) is 0.907. The number of hydrogen-bond acceptors (Lipinski definition) is 3. The van der Waals surface area contributed by atoms with E-state index in [2.05, 4.69) is 16.4 Å². The third-order valence-corrected chi connectivity index (χ3v) is 5.48. The van der Waals surface area contributed by atoms with Gasteiger partial charge in [-0.25, -0.2) is 0 Å². The molecule has 2 unspecified atom stereocenters. The zero-order valence-electron chi connectivity index (χ0n) is 10.2. The zero-order chi connectivity index (χ0) is 12.7. The van der Waals surface area contributed by atoms with Crippen molar-refractivity contribution in [1.82, 2.24) is 4.98 Å². The Morgan fingerprint density at radius 1 is 1.56 bits per heavy atom. The number of nitrogens with zero attached hydrogens (tertiary/aromatic N) is 1. The topological polar surface area (TPSA) is 38.9 Å². The van der Waals surface area contributed by atoms with Gasteiger partial charge in [0, 0.05) is 28.7 Å². The first-order valence-corrected chi connectivity index (χ1v) is 7.37. The van der Waals surface area contributed by atoms with Crippen molar-refractivity contribution in [1.29, 1.82) is 0 Å². The fourth-order valence-corrected chi connectivity index (χ4v) is 4.04. The summed E-state index contributed by atoms with van der Waals surface area (Å²) in [5, 5.41) is 2.91. The van der Waals surface area contributed by atoms with Crippen LogP contribution in [0.3, 0.4) is 0 Å². The minimum Gasteiger partial charge on any atom is -0.323 e. The number of aromatic nitrogens is 1. The summed E-state index contributed by atoms with van der Waals surface area (Å²) in [7, 11) is 0. The first-order valence-electron chi connectivity index (χ1n) is 6.11. The molecule has 2 aromatic rings. The minimum atomic E-state index is -0.0349. The van der Waals surface area contributed by atoms with E-state index in [0.29, 0.717) is 5.92 Å². The van der Waals surface area contributed by atoms with Crippen LogP contribution in [0, 0.1) is 6.92 Å². The Balaban J connectivity index is 1.95. The van der Waals surface area contributed by atoms with E-state index in [9.17, 15) is 0 Å². The maximum absolute atomic E-state index is 6.42. The molecule has 2 nitrogen and oxygen atoms in total. The monoisotopic (exact) mass is 278 g/mol. The van der Waals surface area contributed by atoms with E-state index >= 15 is 0 Å². The van der Waals surface area contributed by atoms with E-state index in [1.807, 2.05) is 19.2 Å². The van der Waals surface area contributed by atoms with Gasteiger partial charge in [-0.05, 0) is 42.3 Å². The molecule has 3 rings (SSSR count). The molecule has 0 bridgehead atoms. The van der Waals surface area contributed by atoms with Gasteiger partial charge < -0.3 is 5.73 Å². The molecule has 2 atom stereocenters. The summed E-state index contributed by atoms with van der Waals surface area (Å²) in [5.41, 5.74) is 10.0. The van der Waals surface area contributed by atoms with Crippen molar-refractivity contribution in [3.8, 4) is 0 Å². The number of rotatable bonds is 2. The largest absolute Gasteiger partial charge is 0.323 e. The second-order valence-corrected chi connectivity index (χ2v) is 6.10. The van der Waals surface area contributed by atoms with Crippen molar-refractivity contribution in [2.45, 2.75) is 31.7 Å². The molecule has 18 heavy (non-hydrogen) atoms. The Bertz CT molecular complexity index is 579. The number of aryl methyl sites for hydroxylation is 2. The second kappa shape index (κ2) is 4.65. The standard InChI is InChI=1S/C14H15ClN2S/c1-8-7-18-14(11(8)15)12(16)10-5-4-9-3-2-6-17-13(9)10/h2-3,6-7,10,12H,4-5,16H2,1H3. The third kappa shape index (κ3) is 1.87. The Hall–Kier alpha value is -0.900. The van der Waals surface area contributed by atoms with Crippen molar-refractivity contribution in [3.05, 3.63) is 50.4 Å². The van der Waals surface area contributed by atoms with Gasteiger partial charge in [-0.3, -0.25) is 4.98 Å². The molecule has 94 valence electrons. The average Bonchev–Trinajstić information content (AvgIpc) is 2.94. The van der Waals surface area contributed by atoms with Crippen LogP contribution in [0.15, 0.2) is 23.7 Å². The van der Waals surface area contributed by atoms with Gasteiger partial charge in [-0.2, -0.15) is 0 Å². The van der Waals surface area contributed by atoms with Gasteiger partial charge in [0.2, 0.25) is 0 Å². The summed E-state index contributed by atoms with van der Waals surface area (Å²) in [4.78, 5) is 5.60. The minimum absolute atomic E-state index is 0.0349. The summed E-state index contributed by atoms with van der Waals surface area (Å²) in [6.45, 7) is 2.02. The van der Waals surface area contributed by atoms with Gasteiger partial charge in [0.1, 0.15) is 0 Å². The van der Waals surface area contributed by atoms with E-state index in [1.54, 1.807) is 11.3 Å². The van der Waals surface area contributed by atoms with Gasteiger partial charge in [-0.1, -0.05) is 17.7 Å². The third-order valence-electron chi connectivity index (χ3n) is 3.66. The molecule has 0 aliphatic heterocycles. The number of thiophene rings is 1. The van der Waals surface area contributed by atoms with Crippen LogP contribution in [0.4, 0.5) is 0 Å². The molecule has 0 aromatic carbocycles. The summed E-state index contributed by atoms with van der Waals surface area (Å²) in [6, 6.07) is 4.11. The molecule has 0 spiro atoms. The summed E-state index contributed by atoms with van der Waals surface area (Å²) < 4.78 is 0. The van der Waals surface area contributed by atoms with Crippen molar-refractivity contribution in [2.75, 3.05) is 0 Å². The van der Waals surface area contributed by atoms with Crippen LogP contribution in [0.1, 0.15) is 40.1 Å². The van der Waals surface area contributed by atoms with E-state index in [-0.39, 0.29) is 6.04 Å². The molecular weight excluding hydrogens is 264 g/mol. The normalized spacial score (nSPS) is 19.8. The van der Waals surface area contributed by atoms with E-state index in [0.717, 1.165) is 34.0 Å². The fourth-order valence-electron chi connectivity index (χ4n) is 2.65. The maximum atomic E-state index is 6.42. The number of fused-ring (bicyclic) bond motifs is 1. The van der Waals surface area contributed by atoms with Crippen LogP contribution in [0.2, 0.25) is 5.02 Å². The van der Waals surface area contributed by atoms with Crippen LogP contribution < -0.4 is 5.73 Å². The first-order chi connectivity index (χ1) is 8.68. The molecule has 2 heterocycles. The van der Waals surface area contributed by atoms with Crippen LogP contribution in [-0.2, 0) is 6.42 Å². The van der Waals surface area contributed by atoms with Gasteiger partial charge >= 0.3 is 0 Å². The lowest BCUT2D eigenvalue weighted by Crippen LogP contribution is -2.18. The van der Waals surface area contributed by atoms with Crippen molar-refractivity contribution in [3.63, 3.8) is 0 Å². The van der Waals surface area contributed by atoms with Crippen molar-refractivity contribution in [2.24, 2.45) is 5.73 Å². The van der Waals surface area contributed by atoms with Gasteiger partial charge in [0.15, 0.2) is 0 Å². The first kappa shape index (κ1) is 12.2. The molecule has 0 saturated carbocycles. The maximum Gasteiger partial charge on any atom is 0.0590 e. The number of nitrogens with two attached hydrogens (primary N) is 1. The SMILES string of the molecule is Cc1csc(C(N)C2CCc3cccnc32)c1Cl. The molecule has 0 fully saturated rings. The highest BCUT2D eigenvalue weighted by atomic mass is 35.5. The highest BCUT2D eigenvalue weighted by Crippen LogP contribution is 2.43. The van der Waals surface area contributed by atoms with Crippen LogP contribution in [0.5, 0.6) is 0 Å². The molecule has 1 aliphatic rings. The molecule has 0 radical (unpaired) electrons. The lowest BCUT2D eigenvalue weighted by Gasteiger charge is -2.18. The lowest BCUT2D eigenvalue weighted by atomic mass is 9.96. The summed E-state index contributed by atoms with van der Waals surface area (Å²) >= 11 is 7.98. The molecule has 4 heteroatoms. The highest BCUT2D eigenvalue weighted by Gasteiger charge is 2.31. The number of halogens is 1. The Morgan fingerprint density at radius 2 is 2.39 bits per heavy atom. The zero-order valence-corrected chi connectivity index (χ0v) is 11.8. The summed E-state index contributed by atoms with van der Waals surface area (Å²) in [5.74, 6) is 0.303. The molecule has 0 amide bonds. The van der Waals surface area contributed by atoms with Crippen LogP contribution >= 0.6 is 22.9 Å². The van der Waals surface area contributed by atoms with Crippen LogP contribution in [-0.4, -0.2) is 4.98 Å². The Morgan fingerprint density at radius 3 is 3.11 bits per heavy atom. The van der Waals surface area contributed by atoms with E-state index in [1.165, 1.54) is 5.56 Å². The summed E-state index contributed by atoms with van der Waals surface area (Å²) in [6.07, 6.45) is 4.00. The van der Waals surface area contributed by atoms with Gasteiger partial charge in [-0.15, -0.1) is 11.3 Å². The molecule has 2 N–H and O–H groups in total. The highest BCUT2D eigenvalue weighted by molar-refractivity contribution is 7.10. The van der Waals surface area contributed by atoms with Gasteiger partial charge in [0.05, 0.1) is 5.02 Å². The Labute approximate surface area is 116 Å². The van der Waals surface area contributed by atoms with Crippen LogP contribution in [0.25, 0.3) is 0 Å². The predicted molar refractivity (Wildman–Crippen MR) is 76.3 cm³/mol. The smallest absolute Gasteiger partial charge is 0.0590 e. The van der Waals surface area contributed by atoms with E-state index < -0.39 is 0 Å². The molecule has 1 aliphatic carbocycles. The van der Waals surface area contributed by atoms with Crippen molar-refractivity contribution < 1.29 is 0 Å². The predicted octanol–water partition coefficient (Wildman–Crippen LogP) is 3.83. The fraction of sp³-hybridized carbons (Fsp3) is 0.357. The van der Waals surface area contributed by atoms with E-state index in [4.69, 9.17) is 17.3 Å². The molecular formula is C14H15ClN2S.